The molecule has 0 spiro atoms. The van der Waals surface area contributed by atoms with Gasteiger partial charge in [0.05, 0.1) is 27.1 Å². The van der Waals surface area contributed by atoms with Gasteiger partial charge in [0, 0.05) is 18.9 Å². The number of likely N-dealkylation sites (N-methyl/N-ethyl adjacent to an activating group) is 1. The molecule has 1 aromatic heterocycles. The SMILES string of the molecule is CN1C(=O)c2ccccc2[C@H](C(=O)Nc2nc3ccc(S(C)(=O)=O)cc3s2)[C@H]1c1ccccc1. The zero-order valence-corrected chi connectivity index (χ0v) is 20.1. The van der Waals surface area contributed by atoms with Crippen molar-refractivity contribution in [1.82, 2.24) is 9.88 Å². The highest BCUT2D eigenvalue weighted by atomic mass is 32.2. The van der Waals surface area contributed by atoms with E-state index in [0.717, 1.165) is 11.8 Å². The molecule has 34 heavy (non-hydrogen) atoms. The van der Waals surface area contributed by atoms with Crippen LogP contribution in [-0.4, -0.2) is 43.4 Å². The molecule has 172 valence electrons. The Morgan fingerprint density at radius 3 is 2.47 bits per heavy atom. The number of amides is 2. The van der Waals surface area contributed by atoms with Gasteiger partial charge in [-0.25, -0.2) is 13.4 Å². The fourth-order valence-electron chi connectivity index (χ4n) is 4.40. The van der Waals surface area contributed by atoms with Gasteiger partial charge in [-0.2, -0.15) is 0 Å². The standard InChI is InChI=1S/C25H21N3O4S2/c1-28-22(15-8-4-3-5-9-15)21(17-10-6-7-11-18(17)24(28)30)23(29)27-25-26-19-13-12-16(34(2,31)32)14-20(19)33-25/h3-14,21-22H,1-2H3,(H,26,27,29)/t21-,22+/m0/s1. The van der Waals surface area contributed by atoms with Crippen molar-refractivity contribution < 1.29 is 18.0 Å². The maximum absolute atomic E-state index is 13.7. The van der Waals surface area contributed by atoms with E-state index in [9.17, 15) is 18.0 Å². The molecular weight excluding hydrogens is 470 g/mol. The first-order valence-electron chi connectivity index (χ1n) is 10.6. The van der Waals surface area contributed by atoms with Crippen LogP contribution in [0.5, 0.6) is 0 Å². The number of nitrogens with zero attached hydrogens (tertiary/aromatic N) is 2. The van der Waals surface area contributed by atoms with Crippen molar-refractivity contribution in [1.29, 1.82) is 0 Å². The van der Waals surface area contributed by atoms with Crippen molar-refractivity contribution in [2.75, 3.05) is 18.6 Å². The molecule has 0 unspecified atom stereocenters. The molecule has 0 saturated carbocycles. The molecule has 1 N–H and O–H groups in total. The number of benzene rings is 3. The molecule has 4 aromatic rings. The topological polar surface area (TPSA) is 96.4 Å². The second kappa shape index (κ2) is 8.34. The van der Waals surface area contributed by atoms with E-state index in [2.05, 4.69) is 10.3 Å². The number of carbonyl (C=O) groups is 2. The summed E-state index contributed by atoms with van der Waals surface area (Å²) in [6.45, 7) is 0. The lowest BCUT2D eigenvalue weighted by atomic mass is 9.79. The fourth-order valence-corrected chi connectivity index (χ4v) is 6.03. The quantitative estimate of drug-likeness (QED) is 0.460. The monoisotopic (exact) mass is 491 g/mol. The molecule has 0 radical (unpaired) electrons. The minimum absolute atomic E-state index is 0.137. The average molecular weight is 492 g/mol. The van der Waals surface area contributed by atoms with Crippen LogP contribution < -0.4 is 5.32 Å². The lowest BCUT2D eigenvalue weighted by Gasteiger charge is -2.39. The summed E-state index contributed by atoms with van der Waals surface area (Å²) in [7, 11) is -1.64. The van der Waals surface area contributed by atoms with E-state index in [1.165, 1.54) is 17.4 Å². The van der Waals surface area contributed by atoms with Crippen LogP contribution in [0.2, 0.25) is 0 Å². The van der Waals surface area contributed by atoms with Crippen LogP contribution in [0.3, 0.4) is 0 Å². The third-order valence-corrected chi connectivity index (χ3v) is 8.07. The summed E-state index contributed by atoms with van der Waals surface area (Å²) in [5.74, 6) is -1.08. The summed E-state index contributed by atoms with van der Waals surface area (Å²) in [5, 5.41) is 3.29. The van der Waals surface area contributed by atoms with Crippen molar-refractivity contribution in [2.45, 2.75) is 16.9 Å². The molecule has 5 rings (SSSR count). The smallest absolute Gasteiger partial charge is 0.254 e. The van der Waals surface area contributed by atoms with Crippen LogP contribution in [0.15, 0.2) is 77.7 Å². The molecule has 2 atom stereocenters. The van der Waals surface area contributed by atoms with Crippen LogP contribution >= 0.6 is 11.3 Å². The Labute approximate surface area is 201 Å². The summed E-state index contributed by atoms with van der Waals surface area (Å²) in [4.78, 5) is 33.1. The second-order valence-corrected chi connectivity index (χ2v) is 11.3. The van der Waals surface area contributed by atoms with Gasteiger partial charge in [0.25, 0.3) is 5.91 Å². The van der Waals surface area contributed by atoms with Gasteiger partial charge in [0.1, 0.15) is 0 Å². The van der Waals surface area contributed by atoms with E-state index < -0.39 is 21.8 Å². The van der Waals surface area contributed by atoms with Gasteiger partial charge in [0.2, 0.25) is 5.91 Å². The summed E-state index contributed by atoms with van der Waals surface area (Å²) in [6.07, 6.45) is 1.15. The van der Waals surface area contributed by atoms with Crippen molar-refractivity contribution in [3.05, 3.63) is 89.5 Å². The van der Waals surface area contributed by atoms with Gasteiger partial charge in [-0.15, -0.1) is 0 Å². The molecule has 2 heterocycles. The largest absolute Gasteiger partial charge is 0.334 e. The number of hydrogen-bond donors (Lipinski definition) is 1. The zero-order valence-electron chi connectivity index (χ0n) is 18.4. The van der Waals surface area contributed by atoms with E-state index in [1.54, 1.807) is 36.2 Å². The average Bonchev–Trinajstić information content (AvgIpc) is 3.22. The first-order chi connectivity index (χ1) is 16.2. The summed E-state index contributed by atoms with van der Waals surface area (Å²) < 4.78 is 24.5. The molecular formula is C25H21N3O4S2. The number of nitrogens with one attached hydrogen (secondary N) is 1. The van der Waals surface area contributed by atoms with Gasteiger partial charge in [-0.1, -0.05) is 59.9 Å². The molecule has 1 aliphatic heterocycles. The lowest BCUT2D eigenvalue weighted by molar-refractivity contribution is -0.119. The summed E-state index contributed by atoms with van der Waals surface area (Å²) in [5.41, 5.74) is 2.62. The molecule has 3 aromatic carbocycles. The molecule has 0 saturated heterocycles. The number of rotatable bonds is 4. The minimum atomic E-state index is -3.35. The van der Waals surface area contributed by atoms with Crippen LogP contribution in [0, 0.1) is 0 Å². The highest BCUT2D eigenvalue weighted by Gasteiger charge is 2.42. The van der Waals surface area contributed by atoms with Crippen LogP contribution in [0.1, 0.15) is 33.4 Å². The molecule has 1 aliphatic rings. The first kappa shape index (κ1) is 22.2. The number of hydrogen-bond acceptors (Lipinski definition) is 6. The Morgan fingerprint density at radius 1 is 1.03 bits per heavy atom. The number of aromatic nitrogens is 1. The zero-order chi connectivity index (χ0) is 24.0. The van der Waals surface area contributed by atoms with Gasteiger partial charge >= 0.3 is 0 Å². The minimum Gasteiger partial charge on any atom is -0.334 e. The van der Waals surface area contributed by atoms with Gasteiger partial charge in [-0.3, -0.25) is 9.59 Å². The Morgan fingerprint density at radius 2 is 1.74 bits per heavy atom. The first-order valence-corrected chi connectivity index (χ1v) is 13.3. The van der Waals surface area contributed by atoms with Gasteiger partial charge in [0.15, 0.2) is 15.0 Å². The number of sulfone groups is 1. The number of carbonyl (C=O) groups excluding carboxylic acids is 2. The summed E-state index contributed by atoms with van der Waals surface area (Å²) >= 11 is 1.21. The molecule has 0 aliphatic carbocycles. The molecule has 9 heteroatoms. The van der Waals surface area contributed by atoms with E-state index >= 15 is 0 Å². The number of fused-ring (bicyclic) bond motifs is 2. The maximum atomic E-state index is 13.7. The number of anilines is 1. The molecule has 7 nitrogen and oxygen atoms in total. The Bertz CT molecular complexity index is 1530. The van der Waals surface area contributed by atoms with Crippen molar-refractivity contribution in [3.8, 4) is 0 Å². The Kier molecular flexibility index (Phi) is 5.45. The van der Waals surface area contributed by atoms with Crippen LogP contribution in [0.25, 0.3) is 10.2 Å². The highest BCUT2D eigenvalue weighted by Crippen LogP contribution is 2.42. The van der Waals surface area contributed by atoms with E-state index in [0.29, 0.717) is 26.5 Å². The van der Waals surface area contributed by atoms with Gasteiger partial charge in [-0.05, 0) is 35.4 Å². The Balaban J connectivity index is 1.55. The molecule has 2 amide bonds. The van der Waals surface area contributed by atoms with Crippen LogP contribution in [0.4, 0.5) is 5.13 Å². The predicted molar refractivity (Wildman–Crippen MR) is 132 cm³/mol. The number of thiazole rings is 1. The van der Waals surface area contributed by atoms with Crippen molar-refractivity contribution in [3.63, 3.8) is 0 Å². The summed E-state index contributed by atoms with van der Waals surface area (Å²) in [6, 6.07) is 20.9. The van der Waals surface area contributed by atoms with Crippen molar-refractivity contribution in [2.24, 2.45) is 0 Å². The lowest BCUT2D eigenvalue weighted by Crippen LogP contribution is -2.44. The van der Waals surface area contributed by atoms with E-state index in [1.807, 2.05) is 42.5 Å². The third kappa shape index (κ3) is 3.86. The molecule has 0 fully saturated rings. The van der Waals surface area contributed by atoms with Crippen LogP contribution in [-0.2, 0) is 14.6 Å². The van der Waals surface area contributed by atoms with Gasteiger partial charge < -0.3 is 10.2 Å². The van der Waals surface area contributed by atoms with E-state index in [4.69, 9.17) is 0 Å². The predicted octanol–water partition coefficient (Wildman–Crippen LogP) is 4.25. The third-order valence-electron chi connectivity index (χ3n) is 6.02. The second-order valence-electron chi connectivity index (χ2n) is 8.25. The molecule has 0 bridgehead atoms. The van der Waals surface area contributed by atoms with Crippen molar-refractivity contribution >= 4 is 48.3 Å². The normalized spacial score (nSPS) is 18.1. The highest BCUT2D eigenvalue weighted by molar-refractivity contribution is 7.90. The van der Waals surface area contributed by atoms with E-state index in [-0.39, 0.29) is 16.7 Å². The fraction of sp³-hybridized carbons (Fsp3) is 0.160. The Hall–Kier alpha value is -3.56. The maximum Gasteiger partial charge on any atom is 0.254 e.